The molecule has 0 heterocycles. The lowest BCUT2D eigenvalue weighted by atomic mass is 10.2. The van der Waals surface area contributed by atoms with Gasteiger partial charge in [0.25, 0.3) is 0 Å². The highest BCUT2D eigenvalue weighted by atomic mass is 35.5. The zero-order valence-electron chi connectivity index (χ0n) is 8.69. The summed E-state index contributed by atoms with van der Waals surface area (Å²) in [4.78, 5) is 10.4. The van der Waals surface area contributed by atoms with Gasteiger partial charge in [0.1, 0.15) is 18.1 Å². The largest absolute Gasteiger partial charge is 0.507 e. The molecular formula is C11H13ClO4. The van der Waals surface area contributed by atoms with Gasteiger partial charge in [0.15, 0.2) is 6.29 Å². The summed E-state index contributed by atoms with van der Waals surface area (Å²) in [6.45, 7) is 1.29. The minimum absolute atomic E-state index is 0.0887. The summed E-state index contributed by atoms with van der Waals surface area (Å²) in [5, 5.41) is 9.37. The van der Waals surface area contributed by atoms with Crippen LogP contribution in [0.4, 0.5) is 0 Å². The van der Waals surface area contributed by atoms with E-state index in [1.54, 1.807) is 6.07 Å². The molecule has 0 aliphatic carbocycles. The first-order chi connectivity index (χ1) is 7.77. The number of phenols is 1. The van der Waals surface area contributed by atoms with E-state index in [9.17, 15) is 9.90 Å². The molecule has 0 fully saturated rings. The van der Waals surface area contributed by atoms with Crippen molar-refractivity contribution in [3.63, 3.8) is 0 Å². The van der Waals surface area contributed by atoms with Crippen molar-refractivity contribution in [1.29, 1.82) is 0 Å². The second kappa shape index (κ2) is 7.09. The van der Waals surface area contributed by atoms with Crippen LogP contribution in [0.2, 0.25) is 0 Å². The fraction of sp³-hybridized carbons (Fsp3) is 0.364. The molecule has 0 atom stereocenters. The molecule has 0 amide bonds. The molecule has 0 radical (unpaired) electrons. The SMILES string of the molecule is O=Cc1ccc(OCCOCCCl)cc1O. The maximum Gasteiger partial charge on any atom is 0.153 e. The molecule has 0 saturated heterocycles. The van der Waals surface area contributed by atoms with Gasteiger partial charge in [-0.2, -0.15) is 0 Å². The van der Waals surface area contributed by atoms with Crippen molar-refractivity contribution < 1.29 is 19.4 Å². The zero-order chi connectivity index (χ0) is 11.8. The summed E-state index contributed by atoms with van der Waals surface area (Å²) >= 11 is 5.42. The number of carbonyl (C=O) groups is 1. The highest BCUT2D eigenvalue weighted by Gasteiger charge is 2.01. The highest BCUT2D eigenvalue weighted by Crippen LogP contribution is 2.21. The van der Waals surface area contributed by atoms with Crippen LogP contribution in [-0.2, 0) is 4.74 Å². The molecule has 0 aliphatic rings. The Morgan fingerprint density at radius 3 is 2.75 bits per heavy atom. The number of hydrogen-bond acceptors (Lipinski definition) is 4. The minimum atomic E-state index is -0.0887. The molecule has 0 saturated carbocycles. The van der Waals surface area contributed by atoms with Gasteiger partial charge < -0.3 is 14.6 Å². The highest BCUT2D eigenvalue weighted by molar-refractivity contribution is 6.17. The van der Waals surface area contributed by atoms with Gasteiger partial charge in [-0.3, -0.25) is 4.79 Å². The molecule has 1 aromatic carbocycles. The molecule has 5 heteroatoms. The topological polar surface area (TPSA) is 55.8 Å². The van der Waals surface area contributed by atoms with Crippen LogP contribution in [0, 0.1) is 0 Å². The molecule has 0 aliphatic heterocycles. The van der Waals surface area contributed by atoms with Crippen molar-refractivity contribution in [2.75, 3.05) is 25.7 Å². The zero-order valence-corrected chi connectivity index (χ0v) is 9.44. The van der Waals surface area contributed by atoms with Crippen molar-refractivity contribution >= 4 is 17.9 Å². The van der Waals surface area contributed by atoms with Gasteiger partial charge in [-0.05, 0) is 12.1 Å². The lowest BCUT2D eigenvalue weighted by Crippen LogP contribution is -2.07. The summed E-state index contributed by atoms with van der Waals surface area (Å²) in [6.07, 6.45) is 0.586. The van der Waals surface area contributed by atoms with Crippen LogP contribution in [0.3, 0.4) is 0 Å². The average molecular weight is 245 g/mol. The molecule has 16 heavy (non-hydrogen) atoms. The monoisotopic (exact) mass is 244 g/mol. The first-order valence-electron chi connectivity index (χ1n) is 4.82. The Kier molecular flexibility index (Phi) is 5.67. The lowest BCUT2D eigenvalue weighted by molar-refractivity contribution is 0.110. The quantitative estimate of drug-likeness (QED) is 0.452. The van der Waals surface area contributed by atoms with E-state index in [2.05, 4.69) is 0 Å². The Bertz CT molecular complexity index is 341. The smallest absolute Gasteiger partial charge is 0.153 e. The van der Waals surface area contributed by atoms with Crippen LogP contribution in [0.1, 0.15) is 10.4 Å². The Morgan fingerprint density at radius 1 is 1.31 bits per heavy atom. The Morgan fingerprint density at radius 2 is 2.12 bits per heavy atom. The van der Waals surface area contributed by atoms with E-state index in [-0.39, 0.29) is 11.3 Å². The maximum absolute atomic E-state index is 10.4. The maximum atomic E-state index is 10.4. The molecule has 0 spiro atoms. The number of aldehydes is 1. The average Bonchev–Trinajstić information content (AvgIpc) is 2.29. The number of benzene rings is 1. The number of halogens is 1. The molecule has 0 aromatic heterocycles. The van der Waals surface area contributed by atoms with Gasteiger partial charge in [-0.25, -0.2) is 0 Å². The molecule has 88 valence electrons. The number of carbonyl (C=O) groups excluding carboxylic acids is 1. The van der Waals surface area contributed by atoms with Crippen molar-refractivity contribution in [3.05, 3.63) is 23.8 Å². The molecule has 4 nitrogen and oxygen atoms in total. The number of hydrogen-bond donors (Lipinski definition) is 1. The summed E-state index contributed by atoms with van der Waals surface area (Å²) in [6, 6.07) is 4.51. The molecule has 1 rings (SSSR count). The van der Waals surface area contributed by atoms with Crippen molar-refractivity contribution in [2.24, 2.45) is 0 Å². The Balaban J connectivity index is 2.37. The van der Waals surface area contributed by atoms with E-state index in [1.165, 1.54) is 12.1 Å². The van der Waals surface area contributed by atoms with Crippen LogP contribution < -0.4 is 4.74 Å². The third-order valence-electron chi connectivity index (χ3n) is 1.85. The second-order valence-corrected chi connectivity index (χ2v) is 3.37. The number of aromatic hydroxyl groups is 1. The fourth-order valence-corrected chi connectivity index (χ4v) is 1.20. The van der Waals surface area contributed by atoms with Crippen LogP contribution in [0.5, 0.6) is 11.5 Å². The van der Waals surface area contributed by atoms with Gasteiger partial charge in [-0.15, -0.1) is 11.6 Å². The predicted octanol–water partition coefficient (Wildman–Crippen LogP) is 1.84. The number of rotatable bonds is 7. The third-order valence-corrected chi connectivity index (χ3v) is 2.00. The molecule has 0 bridgehead atoms. The normalized spacial score (nSPS) is 10.1. The Hall–Kier alpha value is -1.26. The third kappa shape index (κ3) is 4.08. The summed E-state index contributed by atoms with van der Waals surface area (Å²) in [5.41, 5.74) is 0.241. The van der Waals surface area contributed by atoms with Gasteiger partial charge >= 0.3 is 0 Å². The molecule has 1 aromatic rings. The van der Waals surface area contributed by atoms with Crippen LogP contribution in [-0.4, -0.2) is 37.1 Å². The number of phenolic OH excluding ortho intramolecular Hbond substituents is 1. The predicted molar refractivity (Wildman–Crippen MR) is 60.5 cm³/mol. The number of alkyl halides is 1. The first kappa shape index (κ1) is 12.8. The van der Waals surface area contributed by atoms with Crippen molar-refractivity contribution in [1.82, 2.24) is 0 Å². The molecule has 1 N–H and O–H groups in total. The van der Waals surface area contributed by atoms with Crippen LogP contribution in [0.15, 0.2) is 18.2 Å². The molecule has 0 unspecified atom stereocenters. The van der Waals surface area contributed by atoms with E-state index in [1.807, 2.05) is 0 Å². The van der Waals surface area contributed by atoms with E-state index >= 15 is 0 Å². The standard InChI is InChI=1S/C11H13ClO4/c12-3-4-15-5-6-16-10-2-1-9(8-13)11(14)7-10/h1-2,7-8,14H,3-6H2. The van der Waals surface area contributed by atoms with Crippen molar-refractivity contribution in [2.45, 2.75) is 0 Å². The van der Waals surface area contributed by atoms with E-state index in [4.69, 9.17) is 21.1 Å². The van der Waals surface area contributed by atoms with Crippen LogP contribution in [0.25, 0.3) is 0 Å². The summed E-state index contributed by atoms with van der Waals surface area (Å²) < 4.78 is 10.4. The Labute approximate surface area is 98.7 Å². The molecular weight excluding hydrogens is 232 g/mol. The van der Waals surface area contributed by atoms with E-state index in [0.29, 0.717) is 37.7 Å². The van der Waals surface area contributed by atoms with Crippen molar-refractivity contribution in [3.8, 4) is 11.5 Å². The van der Waals surface area contributed by atoms with Gasteiger partial charge in [0.2, 0.25) is 0 Å². The van der Waals surface area contributed by atoms with Gasteiger partial charge in [0, 0.05) is 11.9 Å². The second-order valence-electron chi connectivity index (χ2n) is 2.99. The summed E-state index contributed by atoms with van der Waals surface area (Å²) in [7, 11) is 0. The minimum Gasteiger partial charge on any atom is -0.507 e. The van der Waals surface area contributed by atoms with Crippen LogP contribution >= 0.6 is 11.6 Å². The van der Waals surface area contributed by atoms with E-state index < -0.39 is 0 Å². The van der Waals surface area contributed by atoms with E-state index in [0.717, 1.165) is 0 Å². The fourth-order valence-electron chi connectivity index (χ4n) is 1.09. The lowest BCUT2D eigenvalue weighted by Gasteiger charge is -2.07. The van der Waals surface area contributed by atoms with Gasteiger partial charge in [-0.1, -0.05) is 0 Å². The first-order valence-corrected chi connectivity index (χ1v) is 5.36. The summed E-state index contributed by atoms with van der Waals surface area (Å²) in [5.74, 6) is 0.862. The number of ether oxygens (including phenoxy) is 2. The van der Waals surface area contributed by atoms with Gasteiger partial charge in [0.05, 0.1) is 18.8 Å².